The van der Waals surface area contributed by atoms with Gasteiger partial charge in [-0.05, 0) is 45.4 Å². The van der Waals surface area contributed by atoms with Crippen LogP contribution in [-0.4, -0.2) is 16.3 Å². The minimum Gasteiger partial charge on any atom is -0.305 e. The summed E-state index contributed by atoms with van der Waals surface area (Å²) in [5.41, 5.74) is 6.38. The fraction of sp³-hybridized carbons (Fsp3) is 0.500. The van der Waals surface area contributed by atoms with E-state index in [1.807, 2.05) is 0 Å². The van der Waals surface area contributed by atoms with Gasteiger partial charge in [-0.15, -0.1) is 0 Å². The zero-order valence-electron chi connectivity index (χ0n) is 13.9. The predicted molar refractivity (Wildman–Crippen MR) is 88.7 cm³/mol. The molecule has 0 saturated heterocycles. The average Bonchev–Trinajstić information content (AvgIpc) is 2.86. The van der Waals surface area contributed by atoms with Crippen LogP contribution in [0.1, 0.15) is 54.9 Å². The maximum atomic E-state index is 4.70. The van der Waals surface area contributed by atoms with Gasteiger partial charge in [0.25, 0.3) is 0 Å². The summed E-state index contributed by atoms with van der Waals surface area (Å²) in [7, 11) is 0. The van der Waals surface area contributed by atoms with Crippen LogP contribution in [0.15, 0.2) is 24.3 Å². The number of benzene rings is 1. The first-order chi connectivity index (χ1) is 10.1. The Morgan fingerprint density at radius 1 is 1.05 bits per heavy atom. The number of rotatable bonds is 6. The molecule has 0 saturated carbocycles. The Morgan fingerprint density at radius 2 is 1.71 bits per heavy atom. The third kappa shape index (κ3) is 3.53. The molecule has 0 spiro atoms. The Morgan fingerprint density at radius 3 is 2.24 bits per heavy atom. The number of nitrogens with zero attached hydrogens (tertiary/aromatic N) is 2. The molecule has 1 atom stereocenters. The summed E-state index contributed by atoms with van der Waals surface area (Å²) >= 11 is 0. The Balaban J connectivity index is 2.49. The Kier molecular flexibility index (Phi) is 5.18. The highest BCUT2D eigenvalue weighted by Gasteiger charge is 2.19. The van der Waals surface area contributed by atoms with Crippen LogP contribution in [0.25, 0.3) is 0 Å². The van der Waals surface area contributed by atoms with Crippen LogP contribution in [0.3, 0.4) is 0 Å². The molecule has 0 bridgehead atoms. The highest BCUT2D eigenvalue weighted by Crippen LogP contribution is 2.25. The molecule has 0 aliphatic rings. The van der Waals surface area contributed by atoms with Gasteiger partial charge in [-0.3, -0.25) is 4.68 Å². The molecule has 1 N–H and O–H groups in total. The molecule has 1 aromatic heterocycles. The highest BCUT2D eigenvalue weighted by atomic mass is 15.3. The first-order valence-corrected chi connectivity index (χ1v) is 7.97. The van der Waals surface area contributed by atoms with Crippen molar-refractivity contribution in [2.45, 2.75) is 53.6 Å². The largest absolute Gasteiger partial charge is 0.305 e. The minimum atomic E-state index is 0.210. The molecule has 0 aliphatic heterocycles. The van der Waals surface area contributed by atoms with E-state index in [0.717, 1.165) is 19.5 Å². The van der Waals surface area contributed by atoms with E-state index < -0.39 is 0 Å². The summed E-state index contributed by atoms with van der Waals surface area (Å²) in [5, 5.41) is 8.32. The van der Waals surface area contributed by atoms with Crippen molar-refractivity contribution in [2.75, 3.05) is 6.54 Å². The van der Waals surface area contributed by atoms with Crippen LogP contribution in [0.5, 0.6) is 0 Å². The molecule has 0 aliphatic carbocycles. The number of hydrogen-bond donors (Lipinski definition) is 1. The van der Waals surface area contributed by atoms with Crippen molar-refractivity contribution in [1.29, 1.82) is 0 Å². The van der Waals surface area contributed by atoms with Gasteiger partial charge < -0.3 is 5.32 Å². The average molecular weight is 285 g/mol. The van der Waals surface area contributed by atoms with E-state index in [2.05, 4.69) is 68.9 Å². The molecular weight excluding hydrogens is 258 g/mol. The van der Waals surface area contributed by atoms with Crippen molar-refractivity contribution in [3.05, 3.63) is 52.3 Å². The van der Waals surface area contributed by atoms with Crippen LogP contribution in [0.4, 0.5) is 0 Å². The second-order valence-electron chi connectivity index (χ2n) is 5.64. The third-order valence-electron chi connectivity index (χ3n) is 3.80. The van der Waals surface area contributed by atoms with E-state index in [4.69, 9.17) is 5.10 Å². The van der Waals surface area contributed by atoms with Gasteiger partial charge >= 0.3 is 0 Å². The van der Waals surface area contributed by atoms with Gasteiger partial charge in [0.1, 0.15) is 0 Å². The van der Waals surface area contributed by atoms with Crippen molar-refractivity contribution < 1.29 is 0 Å². The molecule has 114 valence electrons. The lowest BCUT2D eigenvalue weighted by molar-refractivity contribution is 0.540. The molecule has 0 radical (unpaired) electrons. The molecule has 0 fully saturated rings. The van der Waals surface area contributed by atoms with Crippen molar-refractivity contribution in [3.8, 4) is 0 Å². The normalized spacial score (nSPS) is 12.6. The van der Waals surface area contributed by atoms with E-state index in [9.17, 15) is 0 Å². The van der Waals surface area contributed by atoms with Crippen LogP contribution in [-0.2, 0) is 13.0 Å². The maximum Gasteiger partial charge on any atom is 0.0748 e. The first kappa shape index (κ1) is 15.8. The number of aryl methyl sites for hydroxylation is 4. The zero-order chi connectivity index (χ0) is 15.4. The van der Waals surface area contributed by atoms with Gasteiger partial charge in [-0.25, -0.2) is 0 Å². The lowest BCUT2D eigenvalue weighted by Crippen LogP contribution is -2.25. The van der Waals surface area contributed by atoms with E-state index in [1.54, 1.807) is 0 Å². The maximum absolute atomic E-state index is 4.70. The van der Waals surface area contributed by atoms with E-state index >= 15 is 0 Å². The van der Waals surface area contributed by atoms with E-state index in [0.29, 0.717) is 0 Å². The molecular formula is C18H27N3. The van der Waals surface area contributed by atoms with Gasteiger partial charge in [0, 0.05) is 6.54 Å². The highest BCUT2D eigenvalue weighted by molar-refractivity contribution is 5.35. The van der Waals surface area contributed by atoms with Gasteiger partial charge in [0.2, 0.25) is 0 Å². The Hall–Kier alpha value is -1.61. The van der Waals surface area contributed by atoms with Gasteiger partial charge in [-0.1, -0.05) is 43.2 Å². The van der Waals surface area contributed by atoms with Crippen LogP contribution < -0.4 is 5.32 Å². The Bertz CT molecular complexity index is 578. The second kappa shape index (κ2) is 6.90. The Labute approximate surface area is 128 Å². The fourth-order valence-corrected chi connectivity index (χ4v) is 2.92. The van der Waals surface area contributed by atoms with Crippen LogP contribution in [0, 0.1) is 13.8 Å². The number of nitrogens with one attached hydrogen (secondary N) is 1. The van der Waals surface area contributed by atoms with Gasteiger partial charge in [0.15, 0.2) is 0 Å². The van der Waals surface area contributed by atoms with Crippen molar-refractivity contribution in [2.24, 2.45) is 0 Å². The summed E-state index contributed by atoms with van der Waals surface area (Å²) in [4.78, 5) is 0. The van der Waals surface area contributed by atoms with Crippen LogP contribution >= 0.6 is 0 Å². The molecule has 1 aromatic carbocycles. The second-order valence-corrected chi connectivity index (χ2v) is 5.64. The van der Waals surface area contributed by atoms with Crippen molar-refractivity contribution in [1.82, 2.24) is 15.1 Å². The van der Waals surface area contributed by atoms with Crippen molar-refractivity contribution >= 4 is 0 Å². The number of aromatic nitrogens is 2. The SMILES string of the molecule is CCNC(c1cc(C)cc(C)c1)c1cc(CC)nn1CC. The number of hydrogen-bond acceptors (Lipinski definition) is 2. The summed E-state index contributed by atoms with van der Waals surface area (Å²) in [6.07, 6.45) is 0.978. The monoisotopic (exact) mass is 285 g/mol. The third-order valence-corrected chi connectivity index (χ3v) is 3.80. The summed E-state index contributed by atoms with van der Waals surface area (Å²) in [6, 6.07) is 9.23. The lowest BCUT2D eigenvalue weighted by atomic mass is 9.98. The summed E-state index contributed by atoms with van der Waals surface area (Å²) < 4.78 is 2.13. The summed E-state index contributed by atoms with van der Waals surface area (Å²) in [5.74, 6) is 0. The molecule has 0 amide bonds. The molecule has 2 rings (SSSR count). The van der Waals surface area contributed by atoms with Gasteiger partial charge in [-0.2, -0.15) is 5.10 Å². The molecule has 3 nitrogen and oxygen atoms in total. The van der Waals surface area contributed by atoms with Crippen molar-refractivity contribution in [3.63, 3.8) is 0 Å². The van der Waals surface area contributed by atoms with E-state index in [-0.39, 0.29) is 6.04 Å². The van der Waals surface area contributed by atoms with E-state index in [1.165, 1.54) is 28.1 Å². The molecule has 21 heavy (non-hydrogen) atoms. The molecule has 2 aromatic rings. The lowest BCUT2D eigenvalue weighted by Gasteiger charge is -2.20. The molecule has 1 unspecified atom stereocenters. The molecule has 3 heteroatoms. The first-order valence-electron chi connectivity index (χ1n) is 7.97. The zero-order valence-corrected chi connectivity index (χ0v) is 13.9. The standard InChI is InChI=1S/C18H27N3/c1-6-16-12-17(21(8-3)20-16)18(19-7-2)15-10-13(4)9-14(5)11-15/h9-12,18-19H,6-8H2,1-5H3. The topological polar surface area (TPSA) is 29.9 Å². The predicted octanol–water partition coefficient (Wildman–Crippen LogP) is 3.78. The summed E-state index contributed by atoms with van der Waals surface area (Å²) in [6.45, 7) is 12.6. The van der Waals surface area contributed by atoms with Crippen LogP contribution in [0.2, 0.25) is 0 Å². The minimum absolute atomic E-state index is 0.210. The quantitative estimate of drug-likeness (QED) is 0.875. The molecule has 1 heterocycles. The smallest absolute Gasteiger partial charge is 0.0748 e. The van der Waals surface area contributed by atoms with Gasteiger partial charge in [0.05, 0.1) is 17.4 Å². The fourth-order valence-electron chi connectivity index (χ4n) is 2.92.